The Balaban J connectivity index is 1.68. The van der Waals surface area contributed by atoms with Gasteiger partial charge in [-0.25, -0.2) is 0 Å². The Bertz CT molecular complexity index is 1110. The molecule has 3 N–H and O–H groups in total. The molecule has 2 amide bonds. The van der Waals surface area contributed by atoms with Crippen LogP contribution in [0.1, 0.15) is 34.8 Å². The second-order valence-electron chi connectivity index (χ2n) is 7.06. The number of thioether (sulfide) groups is 1. The predicted octanol–water partition coefficient (Wildman–Crippen LogP) is 3.74. The molecule has 0 spiro atoms. The Morgan fingerprint density at radius 1 is 1.22 bits per heavy atom. The van der Waals surface area contributed by atoms with E-state index >= 15 is 0 Å². The monoisotopic (exact) mass is 451 g/mol. The Hall–Kier alpha value is -3.59. The number of aryl methyl sites for hydroxylation is 1. The standard InChI is InChI=1S/C23H25N5O3S/c1-4-13-28-22(16(3)31-17-11-9-15(2)10-12-17)26-27-23(28)32-14-20(29)25-19-8-6-5-7-18(19)21(24)30/h4-12,16H,1,13-14H2,2-3H3,(H2,24,30)(H,25,29). The lowest BCUT2D eigenvalue weighted by Crippen LogP contribution is -2.19. The number of hydrogen-bond donors (Lipinski definition) is 2. The lowest BCUT2D eigenvalue weighted by molar-refractivity contribution is -0.113. The van der Waals surface area contributed by atoms with Crippen LogP contribution in [0.15, 0.2) is 66.3 Å². The van der Waals surface area contributed by atoms with E-state index in [-0.39, 0.29) is 23.3 Å². The SMILES string of the molecule is C=CCn1c(SCC(=O)Nc2ccccc2C(N)=O)nnc1C(C)Oc1ccc(C)cc1. The van der Waals surface area contributed by atoms with Crippen LogP contribution < -0.4 is 15.8 Å². The third kappa shape index (κ3) is 5.76. The molecule has 3 rings (SSSR count). The smallest absolute Gasteiger partial charge is 0.250 e. The van der Waals surface area contributed by atoms with Crippen molar-refractivity contribution in [3.63, 3.8) is 0 Å². The summed E-state index contributed by atoms with van der Waals surface area (Å²) in [4.78, 5) is 24.0. The minimum Gasteiger partial charge on any atom is -0.483 e. The first-order valence-corrected chi connectivity index (χ1v) is 11.0. The maximum Gasteiger partial charge on any atom is 0.250 e. The number of aromatic nitrogens is 3. The highest BCUT2D eigenvalue weighted by molar-refractivity contribution is 7.99. The van der Waals surface area contributed by atoms with Crippen molar-refractivity contribution in [3.05, 3.63) is 78.1 Å². The number of carbonyl (C=O) groups excluding carboxylic acids is 2. The van der Waals surface area contributed by atoms with Crippen molar-refractivity contribution in [1.82, 2.24) is 14.8 Å². The fourth-order valence-corrected chi connectivity index (χ4v) is 3.76. The fraction of sp³-hybridized carbons (Fsp3) is 0.217. The first-order valence-electron chi connectivity index (χ1n) is 9.97. The molecule has 1 heterocycles. The van der Waals surface area contributed by atoms with Gasteiger partial charge in [-0.05, 0) is 38.1 Å². The number of benzene rings is 2. The first kappa shape index (κ1) is 23.1. The van der Waals surface area contributed by atoms with E-state index in [2.05, 4.69) is 22.1 Å². The van der Waals surface area contributed by atoms with Crippen molar-refractivity contribution in [2.24, 2.45) is 5.73 Å². The molecule has 0 saturated heterocycles. The van der Waals surface area contributed by atoms with Gasteiger partial charge in [-0.1, -0.05) is 47.7 Å². The van der Waals surface area contributed by atoms with Crippen LogP contribution in [0.3, 0.4) is 0 Å². The van der Waals surface area contributed by atoms with E-state index < -0.39 is 5.91 Å². The highest BCUT2D eigenvalue weighted by Gasteiger charge is 2.20. The Labute approximate surface area is 190 Å². The van der Waals surface area contributed by atoms with Crippen molar-refractivity contribution in [2.75, 3.05) is 11.1 Å². The van der Waals surface area contributed by atoms with Gasteiger partial charge in [0.05, 0.1) is 17.0 Å². The van der Waals surface area contributed by atoms with Gasteiger partial charge in [-0.3, -0.25) is 14.2 Å². The summed E-state index contributed by atoms with van der Waals surface area (Å²) in [6.07, 6.45) is 1.38. The quantitative estimate of drug-likeness (QED) is 0.359. The van der Waals surface area contributed by atoms with E-state index in [4.69, 9.17) is 10.5 Å². The van der Waals surface area contributed by atoms with Crippen molar-refractivity contribution in [2.45, 2.75) is 31.7 Å². The van der Waals surface area contributed by atoms with Gasteiger partial charge in [0.2, 0.25) is 5.91 Å². The summed E-state index contributed by atoms with van der Waals surface area (Å²) in [5, 5.41) is 11.8. The van der Waals surface area contributed by atoms with Crippen LogP contribution in [0.4, 0.5) is 5.69 Å². The van der Waals surface area contributed by atoms with Crippen LogP contribution in [0.2, 0.25) is 0 Å². The number of carbonyl (C=O) groups is 2. The van der Waals surface area contributed by atoms with Crippen LogP contribution in [0.5, 0.6) is 5.75 Å². The molecular formula is C23H25N5O3S. The molecule has 1 aromatic heterocycles. The van der Waals surface area contributed by atoms with Crippen LogP contribution >= 0.6 is 11.8 Å². The van der Waals surface area contributed by atoms with E-state index in [0.717, 1.165) is 11.3 Å². The van der Waals surface area contributed by atoms with Gasteiger partial charge in [-0.15, -0.1) is 16.8 Å². The van der Waals surface area contributed by atoms with E-state index in [9.17, 15) is 9.59 Å². The lowest BCUT2D eigenvalue weighted by atomic mass is 10.1. The zero-order valence-corrected chi connectivity index (χ0v) is 18.8. The highest BCUT2D eigenvalue weighted by atomic mass is 32.2. The molecule has 32 heavy (non-hydrogen) atoms. The number of nitrogens with one attached hydrogen (secondary N) is 1. The number of primary amides is 1. The third-order valence-corrected chi connectivity index (χ3v) is 5.52. The number of nitrogens with zero attached hydrogens (tertiary/aromatic N) is 3. The summed E-state index contributed by atoms with van der Waals surface area (Å²) in [6, 6.07) is 14.4. The molecule has 0 aliphatic rings. The molecule has 0 aliphatic heterocycles. The Morgan fingerprint density at radius 2 is 1.94 bits per heavy atom. The van der Waals surface area contributed by atoms with Gasteiger partial charge < -0.3 is 15.8 Å². The molecule has 3 aromatic rings. The van der Waals surface area contributed by atoms with Crippen LogP contribution in [0.25, 0.3) is 0 Å². The Kier molecular flexibility index (Phi) is 7.67. The summed E-state index contributed by atoms with van der Waals surface area (Å²) in [7, 11) is 0. The van der Waals surface area contributed by atoms with Gasteiger partial charge >= 0.3 is 0 Å². The zero-order chi connectivity index (χ0) is 23.1. The minimum atomic E-state index is -0.605. The average Bonchev–Trinajstić information content (AvgIpc) is 3.17. The van der Waals surface area contributed by atoms with Crippen molar-refractivity contribution >= 4 is 29.3 Å². The summed E-state index contributed by atoms with van der Waals surface area (Å²) in [6.45, 7) is 8.18. The number of anilines is 1. The maximum absolute atomic E-state index is 12.5. The van der Waals surface area contributed by atoms with Crippen molar-refractivity contribution < 1.29 is 14.3 Å². The van der Waals surface area contributed by atoms with Gasteiger partial charge in [0.1, 0.15) is 5.75 Å². The minimum absolute atomic E-state index is 0.0789. The molecule has 166 valence electrons. The lowest BCUT2D eigenvalue weighted by Gasteiger charge is -2.16. The summed E-state index contributed by atoms with van der Waals surface area (Å²) < 4.78 is 7.87. The molecule has 2 aromatic carbocycles. The normalized spacial score (nSPS) is 11.6. The van der Waals surface area contributed by atoms with Gasteiger partial charge in [0.15, 0.2) is 17.1 Å². The maximum atomic E-state index is 12.5. The first-order chi connectivity index (χ1) is 15.4. The summed E-state index contributed by atoms with van der Waals surface area (Å²) >= 11 is 1.23. The van der Waals surface area contributed by atoms with E-state index in [1.807, 2.05) is 42.7 Å². The number of allylic oxidation sites excluding steroid dienone is 1. The number of ether oxygens (including phenoxy) is 1. The molecule has 0 radical (unpaired) electrons. The Morgan fingerprint density at radius 3 is 2.62 bits per heavy atom. The van der Waals surface area contributed by atoms with Crippen LogP contribution in [-0.4, -0.2) is 32.3 Å². The number of para-hydroxylation sites is 1. The molecular weight excluding hydrogens is 426 g/mol. The molecule has 9 heteroatoms. The molecule has 0 bridgehead atoms. The second-order valence-corrected chi connectivity index (χ2v) is 8.00. The second kappa shape index (κ2) is 10.6. The molecule has 8 nitrogen and oxygen atoms in total. The van der Waals surface area contributed by atoms with Crippen LogP contribution in [0, 0.1) is 6.92 Å². The van der Waals surface area contributed by atoms with E-state index in [1.165, 1.54) is 11.8 Å². The predicted molar refractivity (Wildman–Crippen MR) is 125 cm³/mol. The number of hydrogen-bond acceptors (Lipinski definition) is 6. The summed E-state index contributed by atoms with van der Waals surface area (Å²) in [5.74, 6) is 0.550. The molecule has 0 fully saturated rings. The van der Waals surface area contributed by atoms with Gasteiger partial charge in [-0.2, -0.15) is 0 Å². The topological polar surface area (TPSA) is 112 Å². The van der Waals surface area contributed by atoms with Gasteiger partial charge in [0.25, 0.3) is 5.91 Å². The number of amides is 2. The van der Waals surface area contributed by atoms with Crippen LogP contribution in [-0.2, 0) is 11.3 Å². The zero-order valence-electron chi connectivity index (χ0n) is 17.9. The highest BCUT2D eigenvalue weighted by Crippen LogP contribution is 2.25. The van der Waals surface area contributed by atoms with E-state index in [0.29, 0.717) is 23.2 Å². The number of rotatable bonds is 10. The van der Waals surface area contributed by atoms with Gasteiger partial charge in [0, 0.05) is 6.54 Å². The summed E-state index contributed by atoms with van der Waals surface area (Å²) in [5.41, 5.74) is 7.14. The number of nitrogens with two attached hydrogens (primary N) is 1. The molecule has 1 unspecified atom stereocenters. The van der Waals surface area contributed by atoms with E-state index in [1.54, 1.807) is 30.3 Å². The largest absolute Gasteiger partial charge is 0.483 e. The third-order valence-electron chi connectivity index (χ3n) is 4.55. The molecule has 0 aliphatic carbocycles. The molecule has 0 saturated carbocycles. The van der Waals surface area contributed by atoms with Crippen molar-refractivity contribution in [1.29, 1.82) is 0 Å². The average molecular weight is 452 g/mol. The molecule has 1 atom stereocenters. The van der Waals surface area contributed by atoms with Crippen molar-refractivity contribution in [3.8, 4) is 5.75 Å². The fourth-order valence-electron chi connectivity index (χ4n) is 3.01.